The predicted molar refractivity (Wildman–Crippen MR) is 97.2 cm³/mol. The third-order valence-corrected chi connectivity index (χ3v) is 4.08. The molecule has 0 aromatic heterocycles. The number of hydrogen-bond acceptors (Lipinski definition) is 4. The van der Waals surface area contributed by atoms with Gasteiger partial charge >= 0.3 is 5.97 Å². The van der Waals surface area contributed by atoms with Gasteiger partial charge in [0.25, 0.3) is 0 Å². The molecule has 1 atom stereocenters. The zero-order valence-corrected chi connectivity index (χ0v) is 15.1. The van der Waals surface area contributed by atoms with Crippen molar-refractivity contribution in [3.05, 3.63) is 36.2 Å². The number of hydrogen-bond donors (Lipinski definition) is 1. The van der Waals surface area contributed by atoms with Crippen molar-refractivity contribution < 1.29 is 14.3 Å². The molecule has 0 fully saturated rings. The molecule has 134 valence electrons. The van der Waals surface area contributed by atoms with Gasteiger partial charge in [-0.2, -0.15) is 0 Å². The van der Waals surface area contributed by atoms with Crippen LogP contribution in [0.2, 0.25) is 0 Å². The van der Waals surface area contributed by atoms with Gasteiger partial charge in [0, 0.05) is 11.9 Å². The minimum Gasteiger partial charge on any atom is -0.466 e. The van der Waals surface area contributed by atoms with E-state index in [1.165, 1.54) is 25.7 Å². The maximum absolute atomic E-state index is 12.6. The highest BCUT2D eigenvalue weighted by atomic mass is 16.5. The number of ether oxygens (including phenoxy) is 1. The highest BCUT2D eigenvalue weighted by molar-refractivity contribution is 5.98. The van der Waals surface area contributed by atoms with Gasteiger partial charge in [0.05, 0.1) is 12.5 Å². The van der Waals surface area contributed by atoms with Crippen LogP contribution >= 0.6 is 0 Å². The Labute approximate surface area is 146 Å². The van der Waals surface area contributed by atoms with Crippen molar-refractivity contribution in [2.24, 2.45) is 5.92 Å². The van der Waals surface area contributed by atoms with Crippen molar-refractivity contribution in [1.29, 1.82) is 0 Å². The van der Waals surface area contributed by atoms with Crippen molar-refractivity contribution in [1.82, 2.24) is 5.32 Å². The molecule has 0 aliphatic carbocycles. The maximum Gasteiger partial charge on any atom is 0.313 e. The second-order valence-corrected chi connectivity index (χ2v) is 6.07. The van der Waals surface area contributed by atoms with Crippen molar-refractivity contribution in [2.45, 2.75) is 65.2 Å². The molecule has 0 saturated carbocycles. The van der Waals surface area contributed by atoms with Gasteiger partial charge in [0.1, 0.15) is 6.42 Å². The van der Waals surface area contributed by atoms with Gasteiger partial charge in [0.2, 0.25) is 0 Å². The standard InChI is InChI=1S/C20H31NO3/c1-3-5-6-7-8-10-13-17(18-14-11-9-12-15-21-18)19(22)16-20(23)24-4-2/h9,11-12,14-15,17,21H,3-8,10,13,16H2,1-2H3. The summed E-state index contributed by atoms with van der Waals surface area (Å²) in [6, 6.07) is 0. The van der Waals surface area contributed by atoms with Gasteiger partial charge in [-0.25, -0.2) is 0 Å². The van der Waals surface area contributed by atoms with E-state index in [0.29, 0.717) is 6.61 Å². The lowest BCUT2D eigenvalue weighted by atomic mass is 9.91. The Morgan fingerprint density at radius 3 is 2.54 bits per heavy atom. The summed E-state index contributed by atoms with van der Waals surface area (Å²) < 4.78 is 4.92. The molecule has 4 nitrogen and oxygen atoms in total. The number of allylic oxidation sites excluding steroid dienone is 5. The SMILES string of the molecule is CCCCCCCCC(C(=O)CC(=O)OCC)C1=CC=CC=CN1. The van der Waals surface area contributed by atoms with Gasteiger partial charge in [-0.1, -0.05) is 57.6 Å². The minimum absolute atomic E-state index is 0.0653. The van der Waals surface area contributed by atoms with Crippen LogP contribution in [0.3, 0.4) is 0 Å². The van der Waals surface area contributed by atoms with Crippen molar-refractivity contribution in [3.63, 3.8) is 0 Å². The first-order valence-electron chi connectivity index (χ1n) is 9.17. The molecule has 0 aromatic carbocycles. The highest BCUT2D eigenvalue weighted by Crippen LogP contribution is 2.22. The number of rotatable bonds is 12. The average molecular weight is 333 g/mol. The number of carbonyl (C=O) groups excluding carboxylic acids is 2. The first-order valence-corrected chi connectivity index (χ1v) is 9.17. The lowest BCUT2D eigenvalue weighted by Crippen LogP contribution is -2.26. The zero-order valence-electron chi connectivity index (χ0n) is 15.1. The number of carbonyl (C=O) groups is 2. The zero-order chi connectivity index (χ0) is 17.6. The molecule has 1 aliphatic rings. The molecular weight excluding hydrogens is 302 g/mol. The topological polar surface area (TPSA) is 55.4 Å². The first kappa shape index (κ1) is 20.2. The summed E-state index contributed by atoms with van der Waals surface area (Å²) in [6.07, 6.45) is 17.2. The molecule has 1 aliphatic heterocycles. The Hall–Kier alpha value is -1.84. The highest BCUT2D eigenvalue weighted by Gasteiger charge is 2.24. The fourth-order valence-electron chi connectivity index (χ4n) is 2.78. The van der Waals surface area contributed by atoms with E-state index in [0.717, 1.165) is 25.0 Å². The molecule has 0 bridgehead atoms. The van der Waals surface area contributed by atoms with E-state index in [1.807, 2.05) is 30.5 Å². The first-order chi connectivity index (χ1) is 11.7. The number of ketones is 1. The predicted octanol–water partition coefficient (Wildman–Crippen LogP) is 4.43. The average Bonchev–Trinajstić information content (AvgIpc) is 2.83. The lowest BCUT2D eigenvalue weighted by molar-refractivity contribution is -0.146. The van der Waals surface area contributed by atoms with Crippen LogP contribution in [0.15, 0.2) is 36.2 Å². The number of unbranched alkanes of at least 4 members (excludes halogenated alkanes) is 5. The van der Waals surface area contributed by atoms with Gasteiger partial charge in [0.15, 0.2) is 5.78 Å². The van der Waals surface area contributed by atoms with Crippen LogP contribution in [-0.4, -0.2) is 18.4 Å². The number of esters is 1. The number of Topliss-reactive ketones (excluding diaryl/α,β-unsaturated/α-hetero) is 1. The molecule has 1 heterocycles. The van der Waals surface area contributed by atoms with Crippen LogP contribution in [0.5, 0.6) is 0 Å². The molecule has 0 radical (unpaired) electrons. The Morgan fingerprint density at radius 1 is 1.04 bits per heavy atom. The van der Waals surface area contributed by atoms with E-state index in [2.05, 4.69) is 12.2 Å². The summed E-state index contributed by atoms with van der Waals surface area (Å²) >= 11 is 0. The normalized spacial score (nSPS) is 14.5. The number of nitrogens with one attached hydrogen (secondary N) is 1. The van der Waals surface area contributed by atoms with Gasteiger partial charge < -0.3 is 10.1 Å². The molecule has 4 heteroatoms. The summed E-state index contributed by atoms with van der Waals surface area (Å²) in [5.41, 5.74) is 0.864. The molecule has 0 spiro atoms. The quantitative estimate of drug-likeness (QED) is 0.326. The van der Waals surface area contributed by atoms with Gasteiger partial charge in [-0.3, -0.25) is 9.59 Å². The Bertz CT molecular complexity index is 477. The molecule has 1 rings (SSSR count). The van der Waals surface area contributed by atoms with Crippen molar-refractivity contribution >= 4 is 11.8 Å². The monoisotopic (exact) mass is 333 g/mol. The molecule has 0 amide bonds. The van der Waals surface area contributed by atoms with E-state index in [9.17, 15) is 9.59 Å². The third-order valence-electron chi connectivity index (χ3n) is 4.08. The second kappa shape index (κ2) is 12.6. The fourth-order valence-corrected chi connectivity index (χ4v) is 2.78. The molecule has 1 N–H and O–H groups in total. The third kappa shape index (κ3) is 8.14. The molecule has 0 aromatic rings. The van der Waals surface area contributed by atoms with Crippen LogP contribution in [0.4, 0.5) is 0 Å². The van der Waals surface area contributed by atoms with Crippen LogP contribution in [0, 0.1) is 5.92 Å². The maximum atomic E-state index is 12.6. The Kier molecular flexibility index (Phi) is 10.6. The minimum atomic E-state index is -0.434. The Morgan fingerprint density at radius 2 is 1.79 bits per heavy atom. The Balaban J connectivity index is 2.60. The summed E-state index contributed by atoms with van der Waals surface area (Å²) in [7, 11) is 0. The van der Waals surface area contributed by atoms with Crippen LogP contribution < -0.4 is 5.32 Å². The van der Waals surface area contributed by atoms with E-state index in [4.69, 9.17) is 4.74 Å². The van der Waals surface area contributed by atoms with Crippen LogP contribution in [-0.2, 0) is 14.3 Å². The van der Waals surface area contributed by atoms with Gasteiger partial charge in [-0.15, -0.1) is 0 Å². The van der Waals surface area contributed by atoms with Crippen LogP contribution in [0.25, 0.3) is 0 Å². The van der Waals surface area contributed by atoms with E-state index >= 15 is 0 Å². The molecule has 0 saturated heterocycles. The largest absolute Gasteiger partial charge is 0.466 e. The molecular formula is C20H31NO3. The van der Waals surface area contributed by atoms with E-state index in [1.54, 1.807) is 6.92 Å². The lowest BCUT2D eigenvalue weighted by Gasteiger charge is -2.19. The van der Waals surface area contributed by atoms with Gasteiger partial charge in [-0.05, 0) is 25.5 Å². The summed E-state index contributed by atoms with van der Waals surface area (Å²) in [4.78, 5) is 24.2. The summed E-state index contributed by atoms with van der Waals surface area (Å²) in [5.74, 6) is -0.770. The van der Waals surface area contributed by atoms with E-state index in [-0.39, 0.29) is 18.1 Å². The second-order valence-electron chi connectivity index (χ2n) is 6.07. The fraction of sp³-hybridized carbons (Fsp3) is 0.600. The van der Waals surface area contributed by atoms with Crippen molar-refractivity contribution in [2.75, 3.05) is 6.61 Å². The molecule has 24 heavy (non-hydrogen) atoms. The van der Waals surface area contributed by atoms with Crippen molar-refractivity contribution in [3.8, 4) is 0 Å². The smallest absolute Gasteiger partial charge is 0.313 e. The van der Waals surface area contributed by atoms with E-state index < -0.39 is 5.97 Å². The summed E-state index contributed by atoms with van der Waals surface area (Å²) in [6.45, 7) is 4.26. The molecule has 1 unspecified atom stereocenters. The van der Waals surface area contributed by atoms with Crippen LogP contribution in [0.1, 0.15) is 65.2 Å². The summed E-state index contributed by atoms with van der Waals surface area (Å²) in [5, 5.41) is 3.17.